The third kappa shape index (κ3) is 1.15. The predicted octanol–water partition coefficient (Wildman–Crippen LogP) is 0.276. The van der Waals surface area contributed by atoms with Gasteiger partial charge >= 0.3 is 11.9 Å². The molecular weight excluding hydrogens is 236 g/mol. The number of hydrogen-bond acceptors (Lipinski definition) is 5. The molecule has 0 saturated heterocycles. The molecule has 0 aliphatic heterocycles. The number of ether oxygens (including phenoxy) is 2. The number of esters is 2. The first kappa shape index (κ1) is 11.7. The number of aliphatic hydroxyl groups excluding tert-OH is 1. The van der Waals surface area contributed by atoms with Crippen LogP contribution in [0.4, 0.5) is 0 Å². The molecule has 0 unspecified atom stereocenters. The molecule has 0 aromatic carbocycles. The van der Waals surface area contributed by atoms with Gasteiger partial charge in [0.05, 0.1) is 25.7 Å². The van der Waals surface area contributed by atoms with Crippen molar-refractivity contribution in [2.75, 3.05) is 14.2 Å². The number of aliphatic hydroxyl groups is 1. The zero-order chi connectivity index (χ0) is 13.1. The molecule has 5 aliphatic rings. The van der Waals surface area contributed by atoms with Crippen LogP contribution in [0.25, 0.3) is 0 Å². The lowest BCUT2D eigenvalue weighted by atomic mass is 9.39. The highest BCUT2D eigenvalue weighted by Gasteiger charge is 2.70. The maximum Gasteiger partial charge on any atom is 0.333 e. The van der Waals surface area contributed by atoms with Crippen molar-refractivity contribution in [3.63, 3.8) is 0 Å². The van der Waals surface area contributed by atoms with Gasteiger partial charge in [-0.15, -0.1) is 0 Å². The Kier molecular flexibility index (Phi) is 2.32. The number of hydrogen-bond donors (Lipinski definition) is 1. The van der Waals surface area contributed by atoms with Gasteiger partial charge in [0, 0.05) is 17.4 Å². The van der Waals surface area contributed by atoms with Gasteiger partial charge in [-0.2, -0.15) is 0 Å². The first-order valence-corrected chi connectivity index (χ1v) is 6.11. The van der Waals surface area contributed by atoms with Gasteiger partial charge in [-0.05, 0) is 18.8 Å². The van der Waals surface area contributed by atoms with Crippen molar-refractivity contribution >= 4 is 11.9 Å². The Bertz CT molecular complexity index is 454. The van der Waals surface area contributed by atoms with Crippen LogP contribution in [0.3, 0.4) is 0 Å². The second-order valence-corrected chi connectivity index (χ2v) is 5.47. The van der Waals surface area contributed by atoms with Gasteiger partial charge in [0.15, 0.2) is 0 Å². The van der Waals surface area contributed by atoms with Gasteiger partial charge < -0.3 is 14.6 Å². The van der Waals surface area contributed by atoms with Crippen LogP contribution in [-0.4, -0.2) is 37.4 Å². The molecule has 0 spiro atoms. The lowest BCUT2D eigenvalue weighted by Gasteiger charge is -2.64. The maximum absolute atomic E-state index is 12.0. The van der Waals surface area contributed by atoms with E-state index in [-0.39, 0.29) is 23.7 Å². The molecule has 0 radical (unpaired) electrons. The van der Waals surface area contributed by atoms with E-state index in [0.717, 1.165) is 0 Å². The van der Waals surface area contributed by atoms with Crippen molar-refractivity contribution in [3.05, 3.63) is 11.6 Å². The Morgan fingerprint density at radius 1 is 1.33 bits per heavy atom. The summed E-state index contributed by atoms with van der Waals surface area (Å²) >= 11 is 0. The van der Waals surface area contributed by atoms with Crippen molar-refractivity contribution < 1.29 is 24.2 Å². The predicted molar refractivity (Wildman–Crippen MR) is 60.3 cm³/mol. The molecule has 1 N–H and O–H groups in total. The molecule has 5 rings (SSSR count). The lowest BCUT2D eigenvalue weighted by Crippen LogP contribution is -2.67. The second-order valence-electron chi connectivity index (χ2n) is 5.47. The zero-order valence-electron chi connectivity index (χ0n) is 10.4. The lowest BCUT2D eigenvalue weighted by molar-refractivity contribution is -0.205. The minimum atomic E-state index is -0.610. The first-order chi connectivity index (χ1) is 8.55. The molecule has 0 heterocycles. The SMILES string of the molecule is COC(=O)C1=C[C@@H]2C[C@@]3(C(=O)OC)C[C@@H]([C@H]2O)[C@@H]13. The van der Waals surface area contributed by atoms with E-state index < -0.39 is 17.5 Å². The first-order valence-electron chi connectivity index (χ1n) is 6.11. The summed E-state index contributed by atoms with van der Waals surface area (Å²) in [6.45, 7) is 0. The fourth-order valence-corrected chi connectivity index (χ4v) is 4.13. The summed E-state index contributed by atoms with van der Waals surface area (Å²) in [6.07, 6.45) is 2.51. The van der Waals surface area contributed by atoms with E-state index in [9.17, 15) is 14.7 Å². The quantitative estimate of drug-likeness (QED) is 0.714. The Hall–Kier alpha value is -1.36. The number of carbonyl (C=O) groups excluding carboxylic acids is 2. The summed E-state index contributed by atoms with van der Waals surface area (Å²) in [7, 11) is 2.70. The van der Waals surface area contributed by atoms with Crippen molar-refractivity contribution in [3.8, 4) is 0 Å². The molecule has 0 aromatic rings. The highest BCUT2D eigenvalue weighted by molar-refractivity contribution is 5.93. The van der Waals surface area contributed by atoms with E-state index in [0.29, 0.717) is 18.4 Å². The van der Waals surface area contributed by atoms with Gasteiger partial charge in [0.25, 0.3) is 0 Å². The normalized spacial score (nSPS) is 43.8. The highest BCUT2D eigenvalue weighted by atomic mass is 16.5. The minimum Gasteiger partial charge on any atom is -0.469 e. The van der Waals surface area contributed by atoms with E-state index in [1.807, 2.05) is 0 Å². The smallest absolute Gasteiger partial charge is 0.333 e. The third-order valence-corrected chi connectivity index (χ3v) is 4.84. The highest BCUT2D eigenvalue weighted by Crippen LogP contribution is 2.67. The standard InChI is InChI=1S/C13H16O5/c1-17-11(15)7-3-6-4-13(12(16)18-2)5-8(9(7)13)10(6)14/h3,6,8-10,14H,4-5H2,1-2H3/t6-,8-,9-,10+,13-/m1/s1. The van der Waals surface area contributed by atoms with Crippen LogP contribution in [0.2, 0.25) is 0 Å². The fourth-order valence-electron chi connectivity index (χ4n) is 4.13. The van der Waals surface area contributed by atoms with Crippen LogP contribution in [0.5, 0.6) is 0 Å². The maximum atomic E-state index is 12.0. The van der Waals surface area contributed by atoms with Gasteiger partial charge in [-0.25, -0.2) is 4.79 Å². The third-order valence-electron chi connectivity index (χ3n) is 4.84. The summed E-state index contributed by atoms with van der Waals surface area (Å²) in [5.41, 5.74) is -0.0672. The molecule has 4 bridgehead atoms. The van der Waals surface area contributed by atoms with E-state index >= 15 is 0 Å². The summed E-state index contributed by atoms with van der Waals surface area (Å²) in [5.74, 6) is -1.05. The Labute approximate surface area is 105 Å². The van der Waals surface area contributed by atoms with Crippen molar-refractivity contribution in [2.24, 2.45) is 23.2 Å². The van der Waals surface area contributed by atoms with E-state index in [1.165, 1.54) is 14.2 Å². The summed E-state index contributed by atoms with van der Waals surface area (Å²) in [5, 5.41) is 10.1. The van der Waals surface area contributed by atoms with E-state index in [1.54, 1.807) is 6.08 Å². The molecule has 0 aromatic heterocycles. The largest absolute Gasteiger partial charge is 0.469 e. The van der Waals surface area contributed by atoms with Gasteiger partial charge in [-0.3, -0.25) is 4.79 Å². The molecule has 0 amide bonds. The van der Waals surface area contributed by atoms with Gasteiger partial charge in [-0.1, -0.05) is 6.08 Å². The molecule has 5 aliphatic carbocycles. The van der Waals surface area contributed by atoms with Crippen molar-refractivity contribution in [1.82, 2.24) is 0 Å². The van der Waals surface area contributed by atoms with E-state index in [4.69, 9.17) is 9.47 Å². The van der Waals surface area contributed by atoms with Crippen molar-refractivity contribution in [2.45, 2.75) is 18.9 Å². The number of carbonyl (C=O) groups is 2. The molecule has 18 heavy (non-hydrogen) atoms. The Balaban J connectivity index is 2.01. The fraction of sp³-hybridized carbons (Fsp3) is 0.692. The molecule has 5 nitrogen and oxygen atoms in total. The average molecular weight is 252 g/mol. The molecule has 98 valence electrons. The minimum absolute atomic E-state index is 0.0121. The number of rotatable bonds is 2. The Morgan fingerprint density at radius 3 is 2.61 bits per heavy atom. The summed E-state index contributed by atoms with van der Waals surface area (Å²) in [4.78, 5) is 23.8. The van der Waals surface area contributed by atoms with Crippen LogP contribution in [0.1, 0.15) is 12.8 Å². The van der Waals surface area contributed by atoms with Crippen LogP contribution in [0, 0.1) is 23.2 Å². The van der Waals surface area contributed by atoms with Crippen LogP contribution in [-0.2, 0) is 19.1 Å². The summed E-state index contributed by atoms with van der Waals surface area (Å²) in [6, 6.07) is 0. The van der Waals surface area contributed by atoms with Crippen molar-refractivity contribution in [1.29, 1.82) is 0 Å². The van der Waals surface area contributed by atoms with Gasteiger partial charge in [0.1, 0.15) is 0 Å². The van der Waals surface area contributed by atoms with Crippen LogP contribution < -0.4 is 0 Å². The van der Waals surface area contributed by atoms with E-state index in [2.05, 4.69) is 0 Å². The molecule has 5 atom stereocenters. The topological polar surface area (TPSA) is 72.8 Å². The zero-order valence-corrected chi connectivity index (χ0v) is 10.4. The molecular formula is C13H16O5. The summed E-state index contributed by atoms with van der Waals surface area (Å²) < 4.78 is 9.64. The van der Waals surface area contributed by atoms with Gasteiger partial charge in [0.2, 0.25) is 0 Å². The molecule has 5 heteroatoms. The molecule has 3 fully saturated rings. The molecule has 3 saturated carbocycles. The monoisotopic (exact) mass is 252 g/mol. The number of methoxy groups -OCH3 is 2. The second kappa shape index (κ2) is 3.57. The average Bonchev–Trinajstić information content (AvgIpc) is 2.36. The Morgan fingerprint density at radius 2 is 2.06 bits per heavy atom. The van der Waals surface area contributed by atoms with Crippen LogP contribution in [0.15, 0.2) is 11.6 Å². The van der Waals surface area contributed by atoms with Crippen LogP contribution >= 0.6 is 0 Å².